The third kappa shape index (κ3) is 3.44. The van der Waals surface area contributed by atoms with E-state index in [9.17, 15) is 13.2 Å². The lowest BCUT2D eigenvalue weighted by Crippen LogP contribution is -2.42. The van der Waals surface area contributed by atoms with Crippen molar-refractivity contribution in [2.75, 3.05) is 19.8 Å². The van der Waals surface area contributed by atoms with Gasteiger partial charge in [-0.05, 0) is 24.1 Å². The predicted octanol–water partition coefficient (Wildman–Crippen LogP) is 2.24. The molecular weight excluding hydrogens is 231 g/mol. The van der Waals surface area contributed by atoms with Crippen LogP contribution in [0.15, 0.2) is 24.3 Å². The molecule has 1 N–H and O–H groups in total. The number of rotatable bonds is 2. The first-order chi connectivity index (χ1) is 8.05. The van der Waals surface area contributed by atoms with Gasteiger partial charge in [-0.3, -0.25) is 0 Å². The van der Waals surface area contributed by atoms with Crippen LogP contribution in [0.2, 0.25) is 0 Å². The van der Waals surface area contributed by atoms with E-state index in [2.05, 4.69) is 5.32 Å². The fourth-order valence-corrected chi connectivity index (χ4v) is 1.87. The second-order valence-corrected chi connectivity index (χ2v) is 4.12. The zero-order valence-electron chi connectivity index (χ0n) is 9.26. The molecular formula is C12H14F3NO. The third-order valence-electron chi connectivity index (χ3n) is 2.76. The van der Waals surface area contributed by atoms with Gasteiger partial charge in [-0.2, -0.15) is 13.2 Å². The molecule has 0 bridgehead atoms. The summed E-state index contributed by atoms with van der Waals surface area (Å²) in [6.07, 6.45) is -3.57. The smallest absolute Gasteiger partial charge is 0.379 e. The van der Waals surface area contributed by atoms with Crippen LogP contribution in [0.1, 0.15) is 11.1 Å². The van der Waals surface area contributed by atoms with E-state index in [1.807, 2.05) is 0 Å². The van der Waals surface area contributed by atoms with Crippen LogP contribution >= 0.6 is 0 Å². The summed E-state index contributed by atoms with van der Waals surface area (Å²) < 4.78 is 42.3. The quantitative estimate of drug-likeness (QED) is 0.862. The predicted molar refractivity (Wildman–Crippen MR) is 57.8 cm³/mol. The van der Waals surface area contributed by atoms with Crippen LogP contribution in [0.5, 0.6) is 0 Å². The van der Waals surface area contributed by atoms with Gasteiger partial charge in [0.15, 0.2) is 0 Å². The lowest BCUT2D eigenvalue weighted by atomic mass is 10.0. The average Bonchev–Trinajstić information content (AvgIpc) is 2.30. The van der Waals surface area contributed by atoms with Crippen LogP contribution in [0.3, 0.4) is 0 Å². The van der Waals surface area contributed by atoms with Crippen molar-refractivity contribution in [1.29, 1.82) is 0 Å². The molecule has 0 aromatic heterocycles. The summed E-state index contributed by atoms with van der Waals surface area (Å²) in [5.41, 5.74) is 0.287. The van der Waals surface area contributed by atoms with Gasteiger partial charge in [-0.15, -0.1) is 0 Å². The Morgan fingerprint density at radius 3 is 2.47 bits per heavy atom. The monoisotopic (exact) mass is 245 g/mol. The van der Waals surface area contributed by atoms with Crippen LogP contribution in [0.25, 0.3) is 0 Å². The van der Waals surface area contributed by atoms with Gasteiger partial charge in [0.05, 0.1) is 18.8 Å². The summed E-state index contributed by atoms with van der Waals surface area (Å²) in [6, 6.07) is 5.50. The Kier molecular flexibility index (Phi) is 3.69. The molecule has 0 aliphatic carbocycles. The van der Waals surface area contributed by atoms with E-state index in [4.69, 9.17) is 4.74 Å². The highest BCUT2D eigenvalue weighted by Gasteiger charge is 2.30. The molecule has 0 unspecified atom stereocenters. The summed E-state index contributed by atoms with van der Waals surface area (Å²) in [5.74, 6) is 0. The summed E-state index contributed by atoms with van der Waals surface area (Å²) in [6.45, 7) is 2.11. The molecule has 0 saturated carbocycles. The molecule has 1 aromatic carbocycles. The van der Waals surface area contributed by atoms with E-state index in [1.165, 1.54) is 12.1 Å². The van der Waals surface area contributed by atoms with E-state index in [0.29, 0.717) is 19.6 Å². The van der Waals surface area contributed by atoms with Crippen molar-refractivity contribution in [3.8, 4) is 0 Å². The van der Waals surface area contributed by atoms with Crippen molar-refractivity contribution in [3.05, 3.63) is 35.4 Å². The lowest BCUT2D eigenvalue weighted by Gasteiger charge is -2.23. The van der Waals surface area contributed by atoms with Gasteiger partial charge < -0.3 is 10.1 Å². The first-order valence-electron chi connectivity index (χ1n) is 5.53. The first-order valence-corrected chi connectivity index (χ1v) is 5.53. The molecule has 0 radical (unpaired) electrons. The molecule has 1 aliphatic heterocycles. The summed E-state index contributed by atoms with van der Waals surface area (Å²) in [7, 11) is 0. The number of hydrogen-bond donors (Lipinski definition) is 1. The van der Waals surface area contributed by atoms with Gasteiger partial charge in [-0.1, -0.05) is 12.1 Å². The largest absolute Gasteiger partial charge is 0.416 e. The molecule has 17 heavy (non-hydrogen) atoms. The van der Waals surface area contributed by atoms with E-state index < -0.39 is 11.7 Å². The summed E-state index contributed by atoms with van der Waals surface area (Å²) >= 11 is 0. The molecule has 0 spiro atoms. The van der Waals surface area contributed by atoms with Gasteiger partial charge in [-0.25, -0.2) is 0 Å². The Morgan fingerprint density at radius 2 is 1.94 bits per heavy atom. The van der Waals surface area contributed by atoms with Gasteiger partial charge in [0, 0.05) is 12.6 Å². The normalized spacial score (nSPS) is 21.5. The van der Waals surface area contributed by atoms with Gasteiger partial charge >= 0.3 is 6.18 Å². The Morgan fingerprint density at radius 1 is 1.24 bits per heavy atom. The molecule has 0 amide bonds. The number of morpholine rings is 1. The van der Waals surface area contributed by atoms with Crippen LogP contribution in [0.4, 0.5) is 13.2 Å². The second kappa shape index (κ2) is 5.06. The highest BCUT2D eigenvalue weighted by Crippen LogP contribution is 2.29. The topological polar surface area (TPSA) is 21.3 Å². The van der Waals surface area contributed by atoms with Crippen LogP contribution in [-0.4, -0.2) is 25.8 Å². The minimum Gasteiger partial charge on any atom is -0.379 e. The number of ether oxygens (including phenoxy) is 1. The van der Waals surface area contributed by atoms with Crippen molar-refractivity contribution in [2.45, 2.75) is 18.6 Å². The zero-order valence-corrected chi connectivity index (χ0v) is 9.26. The maximum absolute atomic E-state index is 12.3. The number of nitrogens with one attached hydrogen (secondary N) is 1. The number of alkyl halides is 3. The molecule has 2 rings (SSSR count). The van der Waals surface area contributed by atoms with E-state index in [1.54, 1.807) is 0 Å². The Balaban J connectivity index is 1.98. The van der Waals surface area contributed by atoms with Gasteiger partial charge in [0.2, 0.25) is 0 Å². The first kappa shape index (κ1) is 12.4. The van der Waals surface area contributed by atoms with Gasteiger partial charge in [0.1, 0.15) is 0 Å². The molecule has 1 aliphatic rings. The Bertz CT molecular complexity index is 355. The maximum Gasteiger partial charge on any atom is 0.416 e. The third-order valence-corrected chi connectivity index (χ3v) is 2.76. The number of halogens is 3. The van der Waals surface area contributed by atoms with Crippen molar-refractivity contribution in [3.63, 3.8) is 0 Å². The highest BCUT2D eigenvalue weighted by molar-refractivity contribution is 5.25. The second-order valence-electron chi connectivity index (χ2n) is 4.12. The van der Waals surface area contributed by atoms with Crippen molar-refractivity contribution < 1.29 is 17.9 Å². The summed E-state index contributed by atoms with van der Waals surface area (Å²) in [5, 5.41) is 3.27. The lowest BCUT2D eigenvalue weighted by molar-refractivity contribution is -0.137. The molecule has 2 nitrogen and oxygen atoms in total. The molecule has 1 fully saturated rings. The number of hydrogen-bond acceptors (Lipinski definition) is 2. The van der Waals surface area contributed by atoms with Crippen LogP contribution < -0.4 is 5.32 Å². The fraction of sp³-hybridized carbons (Fsp3) is 0.500. The van der Waals surface area contributed by atoms with Crippen molar-refractivity contribution >= 4 is 0 Å². The molecule has 1 aromatic rings. The summed E-state index contributed by atoms with van der Waals surface area (Å²) in [4.78, 5) is 0. The minimum absolute atomic E-state index is 0.195. The molecule has 1 heterocycles. The SMILES string of the molecule is FC(F)(F)c1ccc(C[C@H]2COCCN2)cc1. The van der Waals surface area contributed by atoms with E-state index >= 15 is 0 Å². The standard InChI is InChI=1S/C12H14F3NO/c13-12(14,15)10-3-1-9(2-4-10)7-11-8-17-6-5-16-11/h1-4,11,16H,5-8H2/t11-/m0/s1. The highest BCUT2D eigenvalue weighted by atomic mass is 19.4. The Labute approximate surface area is 97.8 Å². The maximum atomic E-state index is 12.3. The van der Waals surface area contributed by atoms with E-state index in [-0.39, 0.29) is 6.04 Å². The minimum atomic E-state index is -4.26. The van der Waals surface area contributed by atoms with Crippen LogP contribution in [0, 0.1) is 0 Å². The van der Waals surface area contributed by atoms with Crippen molar-refractivity contribution in [2.24, 2.45) is 0 Å². The molecule has 1 saturated heterocycles. The molecule has 5 heteroatoms. The van der Waals surface area contributed by atoms with Crippen molar-refractivity contribution in [1.82, 2.24) is 5.32 Å². The molecule has 94 valence electrons. The fourth-order valence-electron chi connectivity index (χ4n) is 1.87. The number of benzene rings is 1. The average molecular weight is 245 g/mol. The molecule has 1 atom stereocenters. The Hall–Kier alpha value is -1.07. The van der Waals surface area contributed by atoms with Crippen LogP contribution in [-0.2, 0) is 17.3 Å². The van der Waals surface area contributed by atoms with Gasteiger partial charge in [0.25, 0.3) is 0 Å². The van der Waals surface area contributed by atoms with E-state index in [0.717, 1.165) is 24.2 Å². The zero-order chi connectivity index (χ0) is 12.3.